The van der Waals surface area contributed by atoms with E-state index < -0.39 is 5.97 Å². The van der Waals surface area contributed by atoms with Crippen molar-refractivity contribution in [3.05, 3.63) is 29.8 Å². The van der Waals surface area contributed by atoms with Crippen LogP contribution < -0.4 is 5.32 Å². The largest absolute Gasteiger partial charge is 0.480 e. The number of carbonyl (C=O) groups is 2. The van der Waals surface area contributed by atoms with Crippen LogP contribution in [-0.2, 0) is 9.59 Å². The van der Waals surface area contributed by atoms with E-state index in [0.717, 1.165) is 24.3 Å². The molecule has 0 aliphatic heterocycles. The Hall–Kier alpha value is -1.53. The van der Waals surface area contributed by atoms with Gasteiger partial charge in [0.15, 0.2) is 0 Å². The van der Waals surface area contributed by atoms with Crippen LogP contribution in [0.5, 0.6) is 0 Å². The van der Waals surface area contributed by atoms with Crippen LogP contribution in [0.3, 0.4) is 0 Å². The Morgan fingerprint density at radius 1 is 1.24 bits per heavy atom. The second-order valence-corrected chi connectivity index (χ2v) is 8.31. The molecule has 136 valence electrons. The Morgan fingerprint density at radius 2 is 1.92 bits per heavy atom. The third-order valence-electron chi connectivity index (χ3n) is 4.91. The lowest BCUT2D eigenvalue weighted by Crippen LogP contribution is -2.55. The van der Waals surface area contributed by atoms with Crippen LogP contribution in [0.4, 0.5) is 0 Å². The summed E-state index contributed by atoms with van der Waals surface area (Å²) in [5.74, 6) is 0.396. The summed E-state index contributed by atoms with van der Waals surface area (Å²) in [6.07, 6.45) is 4.17. The number of amides is 1. The minimum absolute atomic E-state index is 0.0565. The van der Waals surface area contributed by atoms with Crippen molar-refractivity contribution in [3.8, 4) is 0 Å². The maximum Gasteiger partial charge on any atom is 0.317 e. The number of benzene rings is 1. The zero-order chi connectivity index (χ0) is 17.8. The molecule has 1 aromatic carbocycles. The van der Waals surface area contributed by atoms with E-state index in [1.807, 2.05) is 31.2 Å². The normalized spacial score (nSPS) is 22.5. The second kappa shape index (κ2) is 8.23. The number of hydrogen-bond donors (Lipinski definition) is 2. The van der Waals surface area contributed by atoms with E-state index in [1.165, 1.54) is 18.4 Å². The van der Waals surface area contributed by atoms with Gasteiger partial charge in [0.2, 0.25) is 5.91 Å². The zero-order valence-corrected chi connectivity index (χ0v) is 15.4. The first-order valence-corrected chi connectivity index (χ1v) is 9.93. The maximum atomic E-state index is 12.1. The highest BCUT2D eigenvalue weighted by Gasteiger charge is 2.37. The number of nitrogens with one attached hydrogen (secondary N) is 1. The van der Waals surface area contributed by atoms with Crippen LogP contribution in [0.2, 0.25) is 0 Å². The SMILES string of the molecule is Cc1ccc(SCC(=O)NC2CC(N(CC(=O)O)CC3CC3)C2)cc1. The van der Waals surface area contributed by atoms with Crippen LogP contribution in [0.1, 0.15) is 31.2 Å². The number of carboxylic acid groups (broad SMARTS) is 1. The summed E-state index contributed by atoms with van der Waals surface area (Å²) >= 11 is 1.55. The molecule has 3 rings (SSSR count). The van der Waals surface area contributed by atoms with Gasteiger partial charge in [0, 0.05) is 23.5 Å². The third-order valence-corrected chi connectivity index (χ3v) is 5.93. The second-order valence-electron chi connectivity index (χ2n) is 7.26. The molecule has 1 amide bonds. The molecular formula is C19H26N2O3S. The summed E-state index contributed by atoms with van der Waals surface area (Å²) < 4.78 is 0. The van der Waals surface area contributed by atoms with Gasteiger partial charge < -0.3 is 10.4 Å². The van der Waals surface area contributed by atoms with Crippen molar-refractivity contribution in [2.45, 2.75) is 49.6 Å². The quantitative estimate of drug-likeness (QED) is 0.661. The van der Waals surface area contributed by atoms with E-state index in [1.54, 1.807) is 11.8 Å². The van der Waals surface area contributed by atoms with Crippen molar-refractivity contribution in [1.82, 2.24) is 10.2 Å². The van der Waals surface area contributed by atoms with Crippen molar-refractivity contribution in [2.75, 3.05) is 18.8 Å². The Kier molecular flexibility index (Phi) is 6.02. The fourth-order valence-electron chi connectivity index (χ4n) is 3.21. The monoisotopic (exact) mass is 362 g/mol. The topological polar surface area (TPSA) is 69.6 Å². The fraction of sp³-hybridized carbons (Fsp3) is 0.579. The maximum absolute atomic E-state index is 12.1. The Bertz CT molecular complexity index is 610. The number of aryl methyl sites for hydroxylation is 1. The molecule has 0 saturated heterocycles. The van der Waals surface area contributed by atoms with Crippen LogP contribution in [0, 0.1) is 12.8 Å². The van der Waals surface area contributed by atoms with Gasteiger partial charge >= 0.3 is 5.97 Å². The summed E-state index contributed by atoms with van der Waals surface area (Å²) in [6.45, 7) is 3.05. The molecule has 0 radical (unpaired) electrons. The molecule has 2 aliphatic carbocycles. The van der Waals surface area contributed by atoms with Crippen LogP contribution >= 0.6 is 11.8 Å². The lowest BCUT2D eigenvalue weighted by Gasteiger charge is -2.42. The van der Waals surface area contributed by atoms with Gasteiger partial charge in [-0.3, -0.25) is 14.5 Å². The summed E-state index contributed by atoms with van der Waals surface area (Å²) in [4.78, 5) is 26.3. The molecule has 2 N–H and O–H groups in total. The molecule has 2 aliphatic rings. The van der Waals surface area contributed by atoms with Gasteiger partial charge in [-0.05, 0) is 50.7 Å². The van der Waals surface area contributed by atoms with Gasteiger partial charge in [0.05, 0.1) is 12.3 Å². The van der Waals surface area contributed by atoms with Gasteiger partial charge in [-0.2, -0.15) is 0 Å². The summed E-state index contributed by atoms with van der Waals surface area (Å²) in [6, 6.07) is 8.66. The summed E-state index contributed by atoms with van der Waals surface area (Å²) in [5, 5.41) is 12.1. The minimum Gasteiger partial charge on any atom is -0.480 e. The molecule has 6 heteroatoms. The number of thioether (sulfide) groups is 1. The molecule has 2 fully saturated rings. The molecular weight excluding hydrogens is 336 g/mol. The highest BCUT2D eigenvalue weighted by atomic mass is 32.2. The first-order valence-electron chi connectivity index (χ1n) is 8.94. The van der Waals surface area contributed by atoms with Gasteiger partial charge in [-0.15, -0.1) is 11.8 Å². The average Bonchev–Trinajstić information content (AvgIpc) is 3.33. The number of carbonyl (C=O) groups excluding carboxylic acids is 1. The molecule has 0 spiro atoms. The molecule has 25 heavy (non-hydrogen) atoms. The van der Waals surface area contributed by atoms with Gasteiger partial charge in [0.1, 0.15) is 0 Å². The zero-order valence-electron chi connectivity index (χ0n) is 14.6. The van der Waals surface area contributed by atoms with Gasteiger partial charge in [-0.25, -0.2) is 0 Å². The highest BCUT2D eigenvalue weighted by molar-refractivity contribution is 8.00. The summed E-state index contributed by atoms with van der Waals surface area (Å²) in [5.41, 5.74) is 1.21. The van der Waals surface area contributed by atoms with E-state index in [2.05, 4.69) is 10.2 Å². The Morgan fingerprint density at radius 3 is 2.52 bits per heavy atom. The van der Waals surface area contributed by atoms with Crippen LogP contribution in [0.25, 0.3) is 0 Å². The van der Waals surface area contributed by atoms with Crippen LogP contribution in [0.15, 0.2) is 29.2 Å². The van der Waals surface area contributed by atoms with Crippen molar-refractivity contribution >= 4 is 23.6 Å². The molecule has 2 saturated carbocycles. The third kappa shape index (κ3) is 5.75. The van der Waals surface area contributed by atoms with Crippen molar-refractivity contribution < 1.29 is 14.7 Å². The van der Waals surface area contributed by atoms with Crippen molar-refractivity contribution in [1.29, 1.82) is 0 Å². The highest BCUT2D eigenvalue weighted by Crippen LogP contribution is 2.33. The lowest BCUT2D eigenvalue weighted by molar-refractivity contribution is -0.140. The Labute approximate surface area is 153 Å². The van der Waals surface area contributed by atoms with E-state index in [-0.39, 0.29) is 18.5 Å². The molecule has 5 nitrogen and oxygen atoms in total. The van der Waals surface area contributed by atoms with Gasteiger partial charge in [-0.1, -0.05) is 17.7 Å². The standard InChI is InChI=1S/C19H26N2O3S/c1-13-2-6-17(7-3-13)25-12-18(22)20-15-8-16(9-15)21(11-19(23)24)10-14-4-5-14/h2-3,6-7,14-16H,4-5,8-12H2,1H3,(H,20,22)(H,23,24). The average molecular weight is 362 g/mol. The number of aliphatic carboxylic acids is 1. The minimum atomic E-state index is -0.761. The van der Waals surface area contributed by atoms with E-state index in [9.17, 15) is 9.59 Å². The first kappa shape index (κ1) is 18.3. The molecule has 0 atom stereocenters. The molecule has 0 bridgehead atoms. The van der Waals surface area contributed by atoms with E-state index >= 15 is 0 Å². The number of rotatable bonds is 9. The molecule has 0 heterocycles. The number of carboxylic acids is 1. The number of nitrogens with zero attached hydrogens (tertiary/aromatic N) is 1. The van der Waals surface area contributed by atoms with E-state index in [4.69, 9.17) is 5.11 Å². The fourth-order valence-corrected chi connectivity index (χ4v) is 3.91. The molecule has 0 aromatic heterocycles. The first-order chi connectivity index (χ1) is 12.0. The number of hydrogen-bond acceptors (Lipinski definition) is 4. The molecule has 1 aromatic rings. The predicted molar refractivity (Wildman–Crippen MR) is 98.8 cm³/mol. The predicted octanol–water partition coefficient (Wildman–Crippen LogP) is 2.53. The van der Waals surface area contributed by atoms with Crippen molar-refractivity contribution in [3.63, 3.8) is 0 Å². The van der Waals surface area contributed by atoms with Gasteiger partial charge in [0.25, 0.3) is 0 Å². The van der Waals surface area contributed by atoms with E-state index in [0.29, 0.717) is 17.7 Å². The smallest absolute Gasteiger partial charge is 0.317 e. The van der Waals surface area contributed by atoms with Crippen LogP contribution in [-0.4, -0.2) is 52.8 Å². The molecule has 0 unspecified atom stereocenters. The Balaban J connectivity index is 1.37. The summed E-state index contributed by atoms with van der Waals surface area (Å²) in [7, 11) is 0. The van der Waals surface area contributed by atoms with Crippen molar-refractivity contribution in [2.24, 2.45) is 5.92 Å². The lowest BCUT2D eigenvalue weighted by atomic mass is 9.85.